The van der Waals surface area contributed by atoms with Gasteiger partial charge in [-0.25, -0.2) is 0 Å². The quantitative estimate of drug-likeness (QED) is 0.874. The molecule has 142 valence electrons. The normalized spacial score (nSPS) is 29.8. The summed E-state index contributed by atoms with van der Waals surface area (Å²) >= 11 is 0. The maximum atomic E-state index is 13.5. The van der Waals surface area contributed by atoms with Crippen LogP contribution >= 0.6 is 0 Å². The van der Waals surface area contributed by atoms with Gasteiger partial charge in [-0.3, -0.25) is 9.78 Å². The Kier molecular flexibility index (Phi) is 5.88. The van der Waals surface area contributed by atoms with E-state index in [1.165, 1.54) is 32.1 Å². The van der Waals surface area contributed by atoms with Gasteiger partial charge in [-0.2, -0.15) is 0 Å². The minimum Gasteiger partial charge on any atom is -0.334 e. The van der Waals surface area contributed by atoms with Crippen LogP contribution in [0.2, 0.25) is 0 Å². The fraction of sp³-hybridized carbons (Fsp3) is 0.727. The summed E-state index contributed by atoms with van der Waals surface area (Å²) in [5.74, 6) is 2.18. The third-order valence-corrected chi connectivity index (χ3v) is 6.74. The first-order valence-electron chi connectivity index (χ1n) is 10.7. The predicted octanol–water partition coefficient (Wildman–Crippen LogP) is 3.77. The van der Waals surface area contributed by atoms with E-state index in [4.69, 9.17) is 0 Å². The van der Waals surface area contributed by atoms with E-state index in [-0.39, 0.29) is 5.92 Å². The summed E-state index contributed by atoms with van der Waals surface area (Å²) in [5.41, 5.74) is 1.02. The van der Waals surface area contributed by atoms with E-state index in [0.29, 0.717) is 24.4 Å². The van der Waals surface area contributed by atoms with Crippen LogP contribution in [0.15, 0.2) is 24.4 Å². The number of rotatable bonds is 5. The molecule has 1 N–H and O–H groups in total. The summed E-state index contributed by atoms with van der Waals surface area (Å²) in [4.78, 5) is 20.1. The first kappa shape index (κ1) is 18.0. The maximum absolute atomic E-state index is 13.5. The summed E-state index contributed by atoms with van der Waals surface area (Å²) in [6.45, 7) is 2.78. The lowest BCUT2D eigenvalue weighted by molar-refractivity contribution is -0.136. The van der Waals surface area contributed by atoms with Gasteiger partial charge in [0.25, 0.3) is 0 Å². The van der Waals surface area contributed by atoms with Gasteiger partial charge in [0.05, 0.1) is 12.2 Å². The van der Waals surface area contributed by atoms with Crippen LogP contribution in [0, 0.1) is 17.8 Å². The van der Waals surface area contributed by atoms with Crippen LogP contribution in [0.5, 0.6) is 0 Å². The molecule has 1 aliphatic heterocycles. The van der Waals surface area contributed by atoms with Crippen LogP contribution in [0.25, 0.3) is 0 Å². The van der Waals surface area contributed by atoms with Crippen LogP contribution in [0.4, 0.5) is 0 Å². The molecule has 1 amide bonds. The highest BCUT2D eigenvalue weighted by Gasteiger charge is 2.49. The van der Waals surface area contributed by atoms with Crippen LogP contribution < -0.4 is 5.32 Å². The third kappa shape index (κ3) is 4.28. The zero-order chi connectivity index (χ0) is 17.8. The molecule has 3 aliphatic rings. The summed E-state index contributed by atoms with van der Waals surface area (Å²) < 4.78 is 0. The van der Waals surface area contributed by atoms with Gasteiger partial charge in [0.1, 0.15) is 0 Å². The average Bonchev–Trinajstić information content (AvgIpc) is 3.51. The first-order chi connectivity index (χ1) is 12.8. The minimum atomic E-state index is 0.290. The Hall–Kier alpha value is -1.42. The maximum Gasteiger partial charge on any atom is 0.226 e. The van der Waals surface area contributed by atoms with Crippen molar-refractivity contribution in [3.63, 3.8) is 0 Å². The molecule has 2 saturated carbocycles. The average molecular weight is 356 g/mol. The van der Waals surface area contributed by atoms with Crippen molar-refractivity contribution < 1.29 is 4.79 Å². The van der Waals surface area contributed by atoms with E-state index in [0.717, 1.165) is 50.4 Å². The monoisotopic (exact) mass is 355 g/mol. The number of carbonyl (C=O) groups excluding carboxylic acids is 1. The SMILES string of the molecule is O=C(C1CC1C1CCCCC1)N(Cc1ccccn1)C1CCCNCC1. The van der Waals surface area contributed by atoms with Crippen molar-refractivity contribution >= 4 is 5.91 Å². The van der Waals surface area contributed by atoms with Crippen LogP contribution in [-0.2, 0) is 11.3 Å². The zero-order valence-corrected chi connectivity index (χ0v) is 15.9. The van der Waals surface area contributed by atoms with Crippen LogP contribution in [0.3, 0.4) is 0 Å². The topological polar surface area (TPSA) is 45.2 Å². The number of pyridine rings is 1. The zero-order valence-electron chi connectivity index (χ0n) is 15.9. The van der Waals surface area contributed by atoms with Gasteiger partial charge in [0.2, 0.25) is 5.91 Å². The number of carbonyl (C=O) groups is 1. The molecule has 3 unspecified atom stereocenters. The van der Waals surface area contributed by atoms with E-state index >= 15 is 0 Å². The Morgan fingerprint density at radius 2 is 1.96 bits per heavy atom. The third-order valence-electron chi connectivity index (χ3n) is 6.74. The van der Waals surface area contributed by atoms with E-state index < -0.39 is 0 Å². The molecule has 26 heavy (non-hydrogen) atoms. The molecule has 1 aromatic rings. The molecule has 1 aromatic heterocycles. The summed E-state index contributed by atoms with van der Waals surface area (Å²) in [6.07, 6.45) is 13.1. The smallest absolute Gasteiger partial charge is 0.226 e. The summed E-state index contributed by atoms with van der Waals surface area (Å²) in [7, 11) is 0. The Labute approximate surface area is 157 Å². The Morgan fingerprint density at radius 3 is 2.77 bits per heavy atom. The molecule has 0 spiro atoms. The van der Waals surface area contributed by atoms with Gasteiger partial charge in [-0.15, -0.1) is 0 Å². The number of amides is 1. The van der Waals surface area contributed by atoms with Crippen LogP contribution in [-0.4, -0.2) is 34.9 Å². The molecule has 4 rings (SSSR count). The van der Waals surface area contributed by atoms with E-state index in [9.17, 15) is 4.79 Å². The van der Waals surface area contributed by atoms with Crippen LogP contribution in [0.1, 0.15) is 63.5 Å². The summed E-state index contributed by atoms with van der Waals surface area (Å²) in [6, 6.07) is 6.40. The van der Waals surface area contributed by atoms with E-state index in [1.807, 2.05) is 18.3 Å². The first-order valence-corrected chi connectivity index (χ1v) is 10.7. The molecular formula is C22H33N3O. The van der Waals surface area contributed by atoms with Gasteiger partial charge in [0, 0.05) is 18.2 Å². The summed E-state index contributed by atoms with van der Waals surface area (Å²) in [5, 5.41) is 3.49. The Bertz CT molecular complexity index is 576. The number of nitrogens with one attached hydrogen (secondary N) is 1. The van der Waals surface area contributed by atoms with Crippen molar-refractivity contribution in [2.45, 2.75) is 70.4 Å². The van der Waals surface area contributed by atoms with E-state index in [2.05, 4.69) is 21.3 Å². The van der Waals surface area contributed by atoms with Gasteiger partial charge in [-0.05, 0) is 62.7 Å². The molecule has 3 fully saturated rings. The molecule has 0 radical (unpaired) electrons. The Morgan fingerprint density at radius 1 is 1.08 bits per heavy atom. The van der Waals surface area contributed by atoms with E-state index in [1.54, 1.807) is 0 Å². The second kappa shape index (κ2) is 8.51. The van der Waals surface area contributed by atoms with Crippen molar-refractivity contribution in [3.05, 3.63) is 30.1 Å². The Balaban J connectivity index is 1.45. The lowest BCUT2D eigenvalue weighted by atomic mass is 9.85. The van der Waals surface area contributed by atoms with Gasteiger partial charge < -0.3 is 10.2 Å². The largest absolute Gasteiger partial charge is 0.334 e. The highest BCUT2D eigenvalue weighted by Crippen LogP contribution is 2.50. The number of hydrogen-bond donors (Lipinski definition) is 1. The number of nitrogens with zero attached hydrogens (tertiary/aromatic N) is 2. The fourth-order valence-electron chi connectivity index (χ4n) is 5.16. The van der Waals surface area contributed by atoms with Gasteiger partial charge in [-0.1, -0.05) is 38.2 Å². The number of aromatic nitrogens is 1. The minimum absolute atomic E-state index is 0.290. The molecule has 4 heteroatoms. The van der Waals surface area contributed by atoms with Gasteiger partial charge >= 0.3 is 0 Å². The second-order valence-corrected chi connectivity index (χ2v) is 8.53. The fourth-order valence-corrected chi connectivity index (χ4v) is 5.16. The molecule has 2 heterocycles. The van der Waals surface area contributed by atoms with Crippen molar-refractivity contribution in [1.29, 1.82) is 0 Å². The molecule has 0 aromatic carbocycles. The van der Waals surface area contributed by atoms with Crippen molar-refractivity contribution in [2.75, 3.05) is 13.1 Å². The lowest BCUT2D eigenvalue weighted by Gasteiger charge is -2.32. The van der Waals surface area contributed by atoms with Crippen molar-refractivity contribution in [3.8, 4) is 0 Å². The van der Waals surface area contributed by atoms with Crippen molar-refractivity contribution in [1.82, 2.24) is 15.2 Å². The highest BCUT2D eigenvalue weighted by molar-refractivity contribution is 5.82. The van der Waals surface area contributed by atoms with Crippen molar-refractivity contribution in [2.24, 2.45) is 17.8 Å². The predicted molar refractivity (Wildman–Crippen MR) is 103 cm³/mol. The lowest BCUT2D eigenvalue weighted by Crippen LogP contribution is -2.42. The molecule has 4 nitrogen and oxygen atoms in total. The highest BCUT2D eigenvalue weighted by atomic mass is 16.2. The molecular weight excluding hydrogens is 322 g/mol. The molecule has 2 aliphatic carbocycles. The van der Waals surface area contributed by atoms with Gasteiger partial charge in [0.15, 0.2) is 0 Å². The second-order valence-electron chi connectivity index (χ2n) is 8.53. The standard InChI is InChI=1S/C22H33N3O/c26-22(21-15-20(21)17-7-2-1-3-8-17)25(16-18-9-4-5-13-24-18)19-10-6-12-23-14-11-19/h4-5,9,13,17,19-21,23H,1-3,6-8,10-12,14-16H2. The molecule has 0 bridgehead atoms. The molecule has 1 saturated heterocycles. The molecule has 3 atom stereocenters. The number of hydrogen-bond acceptors (Lipinski definition) is 3.